The fraction of sp³-hybridized carbons (Fsp3) is 0.286. The molecule has 0 fully saturated rings. The van der Waals surface area contributed by atoms with Gasteiger partial charge in [0, 0.05) is 6.20 Å². The normalized spacial score (nSPS) is 12.2. The molecule has 8 heteroatoms. The smallest absolute Gasteiger partial charge is 0.355 e. The van der Waals surface area contributed by atoms with Gasteiger partial charge in [0.1, 0.15) is 5.56 Å². The van der Waals surface area contributed by atoms with Gasteiger partial charge in [-0.25, -0.2) is 8.78 Å². The van der Waals surface area contributed by atoms with E-state index < -0.39 is 33.8 Å². The number of hydrogen-bond acceptors (Lipinski definition) is 1. The molecular formula is C7H3BrF5NO. The van der Waals surface area contributed by atoms with Gasteiger partial charge in [-0.1, -0.05) is 0 Å². The molecule has 1 rings (SSSR count). The van der Waals surface area contributed by atoms with E-state index in [0.29, 0.717) is 6.20 Å². The molecule has 0 aliphatic carbocycles. The van der Waals surface area contributed by atoms with Crippen LogP contribution in [-0.2, 0) is 6.18 Å². The molecule has 1 N–H and O–H groups in total. The van der Waals surface area contributed by atoms with Crippen LogP contribution in [0.2, 0.25) is 0 Å². The van der Waals surface area contributed by atoms with E-state index >= 15 is 0 Å². The van der Waals surface area contributed by atoms with Crippen LogP contribution in [-0.4, -0.2) is 4.98 Å². The van der Waals surface area contributed by atoms with Crippen LogP contribution in [0.4, 0.5) is 22.0 Å². The van der Waals surface area contributed by atoms with Crippen molar-refractivity contribution in [1.29, 1.82) is 0 Å². The highest BCUT2D eigenvalue weighted by molar-refractivity contribution is 9.10. The van der Waals surface area contributed by atoms with Gasteiger partial charge >= 0.3 is 6.18 Å². The predicted molar refractivity (Wildman–Crippen MR) is 44.7 cm³/mol. The number of aromatic nitrogens is 1. The maximum absolute atomic E-state index is 12.2. The molecule has 0 saturated carbocycles. The van der Waals surface area contributed by atoms with Gasteiger partial charge in [0.15, 0.2) is 0 Å². The lowest BCUT2D eigenvalue weighted by Gasteiger charge is -2.08. The van der Waals surface area contributed by atoms with Crippen LogP contribution in [0.3, 0.4) is 0 Å². The highest BCUT2D eigenvalue weighted by Gasteiger charge is 2.36. The van der Waals surface area contributed by atoms with Gasteiger partial charge in [0.05, 0.1) is 10.2 Å². The zero-order chi connectivity index (χ0) is 11.8. The first-order valence-electron chi connectivity index (χ1n) is 3.51. The van der Waals surface area contributed by atoms with Gasteiger partial charge < -0.3 is 4.98 Å². The van der Waals surface area contributed by atoms with E-state index in [1.807, 2.05) is 4.98 Å². The molecule has 2 nitrogen and oxygen atoms in total. The van der Waals surface area contributed by atoms with E-state index in [9.17, 15) is 26.7 Å². The second kappa shape index (κ2) is 3.92. The summed E-state index contributed by atoms with van der Waals surface area (Å²) < 4.78 is 60.5. The first-order valence-corrected chi connectivity index (χ1v) is 4.31. The van der Waals surface area contributed by atoms with Crippen LogP contribution < -0.4 is 5.43 Å². The topological polar surface area (TPSA) is 32.9 Å². The van der Waals surface area contributed by atoms with Crippen molar-refractivity contribution in [2.24, 2.45) is 0 Å². The number of alkyl halides is 5. The second-order valence-electron chi connectivity index (χ2n) is 2.56. The molecule has 0 aromatic carbocycles. The Balaban J connectivity index is 3.50. The van der Waals surface area contributed by atoms with Crippen LogP contribution in [0.5, 0.6) is 0 Å². The Morgan fingerprint density at radius 1 is 1.33 bits per heavy atom. The fourth-order valence-electron chi connectivity index (χ4n) is 0.929. The van der Waals surface area contributed by atoms with Crippen LogP contribution in [0.15, 0.2) is 15.6 Å². The van der Waals surface area contributed by atoms with Gasteiger partial charge in [-0.2, -0.15) is 13.2 Å². The molecule has 0 radical (unpaired) electrons. The molecule has 15 heavy (non-hydrogen) atoms. The summed E-state index contributed by atoms with van der Waals surface area (Å²) in [4.78, 5) is 12.9. The second-order valence-corrected chi connectivity index (χ2v) is 3.35. The summed E-state index contributed by atoms with van der Waals surface area (Å²) >= 11 is 2.55. The summed E-state index contributed by atoms with van der Waals surface area (Å²) in [6, 6.07) is 0. The summed E-state index contributed by atoms with van der Waals surface area (Å²) in [5.41, 5.74) is -4.58. The average Bonchev–Trinajstić information content (AvgIpc) is 2.00. The molecule has 0 bridgehead atoms. The average molecular weight is 292 g/mol. The monoisotopic (exact) mass is 291 g/mol. The minimum atomic E-state index is -4.95. The van der Waals surface area contributed by atoms with E-state index in [-0.39, 0.29) is 0 Å². The quantitative estimate of drug-likeness (QED) is 0.626. The highest BCUT2D eigenvalue weighted by Crippen LogP contribution is 2.29. The Bertz CT molecular complexity index is 424. The molecule has 0 aliphatic rings. The standard InChI is InChI=1S/C7H3BrF5NO/c8-5-3(6(9)10)4(15)2(1-14-5)7(11,12)13/h1,6H,(H,14,15). The van der Waals surface area contributed by atoms with Crippen LogP contribution in [0.25, 0.3) is 0 Å². The van der Waals surface area contributed by atoms with Crippen molar-refractivity contribution in [2.45, 2.75) is 12.6 Å². The maximum Gasteiger partial charge on any atom is 0.421 e. The van der Waals surface area contributed by atoms with Gasteiger partial charge in [-0.05, 0) is 15.9 Å². The molecule has 0 atom stereocenters. The lowest BCUT2D eigenvalue weighted by molar-refractivity contribution is -0.138. The molecule has 84 valence electrons. The minimum Gasteiger partial charge on any atom is -0.355 e. The lowest BCUT2D eigenvalue weighted by atomic mass is 10.2. The summed E-state index contributed by atoms with van der Waals surface area (Å²) in [5.74, 6) is 0. The Labute approximate surface area is 88.2 Å². The molecule has 0 saturated heterocycles. The zero-order valence-electron chi connectivity index (χ0n) is 6.83. The third-order valence-corrected chi connectivity index (χ3v) is 2.25. The van der Waals surface area contributed by atoms with Crippen LogP contribution >= 0.6 is 15.9 Å². The van der Waals surface area contributed by atoms with Crippen molar-refractivity contribution in [3.8, 4) is 0 Å². The van der Waals surface area contributed by atoms with E-state index in [0.717, 1.165) is 0 Å². The van der Waals surface area contributed by atoms with Crippen LogP contribution in [0, 0.1) is 0 Å². The van der Waals surface area contributed by atoms with Gasteiger partial charge in [-0.3, -0.25) is 4.79 Å². The van der Waals surface area contributed by atoms with Crippen molar-refractivity contribution in [3.63, 3.8) is 0 Å². The number of H-pyrrole nitrogens is 1. The molecule has 0 aliphatic heterocycles. The third-order valence-electron chi connectivity index (χ3n) is 1.59. The Kier molecular flexibility index (Phi) is 3.17. The van der Waals surface area contributed by atoms with E-state index in [4.69, 9.17) is 0 Å². The van der Waals surface area contributed by atoms with Crippen molar-refractivity contribution in [2.75, 3.05) is 0 Å². The number of aromatic amines is 1. The van der Waals surface area contributed by atoms with Crippen molar-refractivity contribution < 1.29 is 22.0 Å². The third kappa shape index (κ3) is 2.36. The first-order chi connectivity index (χ1) is 6.75. The SMILES string of the molecule is O=c1c(C(F)(F)F)c[nH]c(Br)c1C(F)F. The van der Waals surface area contributed by atoms with Crippen molar-refractivity contribution >= 4 is 15.9 Å². The van der Waals surface area contributed by atoms with E-state index in [1.165, 1.54) is 0 Å². The molecular weight excluding hydrogens is 289 g/mol. The van der Waals surface area contributed by atoms with Gasteiger partial charge in [0.25, 0.3) is 6.43 Å². The van der Waals surface area contributed by atoms with E-state index in [1.54, 1.807) is 0 Å². The van der Waals surface area contributed by atoms with Gasteiger partial charge in [-0.15, -0.1) is 0 Å². The van der Waals surface area contributed by atoms with Crippen LogP contribution in [0.1, 0.15) is 17.6 Å². The largest absolute Gasteiger partial charge is 0.421 e. The van der Waals surface area contributed by atoms with E-state index in [2.05, 4.69) is 15.9 Å². The van der Waals surface area contributed by atoms with Gasteiger partial charge in [0.2, 0.25) is 5.43 Å². The summed E-state index contributed by atoms with van der Waals surface area (Å²) in [5, 5.41) is 0. The number of rotatable bonds is 1. The number of halogens is 6. The molecule has 1 heterocycles. The lowest BCUT2D eigenvalue weighted by Crippen LogP contribution is -2.23. The number of pyridine rings is 1. The minimum absolute atomic E-state index is 0.346. The first kappa shape index (κ1) is 12.2. The Hall–Kier alpha value is -0.920. The Morgan fingerprint density at radius 3 is 2.27 bits per heavy atom. The number of hydrogen-bond donors (Lipinski definition) is 1. The Morgan fingerprint density at radius 2 is 1.87 bits per heavy atom. The highest BCUT2D eigenvalue weighted by atomic mass is 79.9. The molecule has 0 unspecified atom stereocenters. The molecule has 0 spiro atoms. The summed E-state index contributed by atoms with van der Waals surface area (Å²) in [7, 11) is 0. The zero-order valence-corrected chi connectivity index (χ0v) is 8.42. The maximum atomic E-state index is 12.2. The fourth-order valence-corrected chi connectivity index (χ4v) is 1.40. The van der Waals surface area contributed by atoms with Crippen molar-refractivity contribution in [3.05, 3.63) is 32.2 Å². The number of nitrogens with one attached hydrogen (secondary N) is 1. The molecule has 1 aromatic rings. The predicted octanol–water partition coefficient (Wildman–Crippen LogP) is 3.09. The summed E-state index contributed by atoms with van der Waals surface area (Å²) in [6.45, 7) is 0. The van der Waals surface area contributed by atoms with Crippen molar-refractivity contribution in [1.82, 2.24) is 4.98 Å². The molecule has 1 aromatic heterocycles. The molecule has 0 amide bonds. The summed E-state index contributed by atoms with van der Waals surface area (Å²) in [6.07, 6.45) is -7.87.